The average molecular weight is 362 g/mol. The molecule has 0 spiro atoms. The molecule has 1 atom stereocenters. The second-order valence-corrected chi connectivity index (χ2v) is 6.35. The van der Waals surface area contributed by atoms with Crippen molar-refractivity contribution in [3.8, 4) is 0 Å². The molecule has 9 heteroatoms. The minimum atomic E-state index is -1.37. The second-order valence-electron chi connectivity index (χ2n) is 6.35. The Bertz CT molecular complexity index is 792. The van der Waals surface area contributed by atoms with E-state index in [2.05, 4.69) is 15.3 Å². The molecule has 1 fully saturated rings. The van der Waals surface area contributed by atoms with Gasteiger partial charge in [-0.2, -0.15) is 0 Å². The predicted octanol–water partition coefficient (Wildman–Crippen LogP) is -0.471. The summed E-state index contributed by atoms with van der Waals surface area (Å²) in [6, 6.07) is 5.21. The van der Waals surface area contributed by atoms with Crippen LogP contribution in [0.4, 0.5) is 0 Å². The number of fused-ring (bicyclic) bond motifs is 1. The van der Waals surface area contributed by atoms with Gasteiger partial charge in [0.05, 0.1) is 43.7 Å². The van der Waals surface area contributed by atoms with E-state index in [1.54, 1.807) is 24.5 Å². The van der Waals surface area contributed by atoms with Crippen LogP contribution in [0.2, 0.25) is 0 Å². The molecule has 2 amide bonds. The van der Waals surface area contributed by atoms with Gasteiger partial charge in [0.25, 0.3) is 5.91 Å². The molecule has 1 saturated heterocycles. The third kappa shape index (κ3) is 4.18. The maximum absolute atomic E-state index is 12.9. The van der Waals surface area contributed by atoms with E-state index in [-0.39, 0.29) is 38.1 Å². The van der Waals surface area contributed by atoms with Gasteiger partial charge >= 0.3 is 0 Å². The summed E-state index contributed by atoms with van der Waals surface area (Å²) in [4.78, 5) is 33.1. The van der Waals surface area contributed by atoms with E-state index >= 15 is 0 Å². The molecule has 0 unspecified atom stereocenters. The number of carbonyl (C=O) groups excluding carboxylic acids is 2. The molecular weight excluding hydrogens is 340 g/mol. The van der Waals surface area contributed by atoms with Crippen LogP contribution < -0.4 is 5.32 Å². The number of carbonyl (C=O) groups is 2. The maximum Gasteiger partial charge on any atom is 0.254 e. The normalized spacial score (nSPS) is 20.8. The van der Waals surface area contributed by atoms with Gasteiger partial charge in [0.15, 0.2) is 0 Å². The minimum Gasteiger partial charge on any atom is -0.384 e. The van der Waals surface area contributed by atoms with Gasteiger partial charge in [-0.1, -0.05) is 0 Å². The number of amides is 2. The van der Waals surface area contributed by atoms with Gasteiger partial charge in [-0.3, -0.25) is 9.59 Å². The van der Waals surface area contributed by atoms with Crippen molar-refractivity contribution in [2.75, 3.05) is 46.6 Å². The molecule has 2 heterocycles. The molecule has 1 aliphatic heterocycles. The molecule has 2 aromatic rings. The number of nitrogens with zero attached hydrogens (tertiary/aromatic N) is 2. The maximum atomic E-state index is 12.9. The highest BCUT2D eigenvalue weighted by Gasteiger charge is 2.35. The van der Waals surface area contributed by atoms with E-state index in [4.69, 9.17) is 9.47 Å². The first-order chi connectivity index (χ1) is 12.5. The summed E-state index contributed by atoms with van der Waals surface area (Å²) in [5.41, 5.74) is 0.671. The smallest absolute Gasteiger partial charge is 0.254 e. The third-order valence-electron chi connectivity index (χ3n) is 4.21. The molecule has 0 saturated carbocycles. The van der Waals surface area contributed by atoms with Crippen molar-refractivity contribution in [1.82, 2.24) is 20.2 Å². The Morgan fingerprint density at radius 1 is 1.50 bits per heavy atom. The number of ether oxygens (including phenoxy) is 2. The molecule has 1 aromatic carbocycles. The van der Waals surface area contributed by atoms with Crippen LogP contribution in [0.3, 0.4) is 0 Å². The topological polar surface area (TPSA) is 117 Å². The fourth-order valence-corrected chi connectivity index (χ4v) is 2.89. The molecule has 1 aromatic heterocycles. The van der Waals surface area contributed by atoms with Crippen LogP contribution in [-0.2, 0) is 14.3 Å². The molecule has 0 bridgehead atoms. The average Bonchev–Trinajstić information content (AvgIpc) is 3.01. The summed E-state index contributed by atoms with van der Waals surface area (Å²) in [6.07, 6.45) is 1.57. The van der Waals surface area contributed by atoms with Crippen molar-refractivity contribution in [2.24, 2.45) is 0 Å². The molecule has 3 N–H and O–H groups in total. The summed E-state index contributed by atoms with van der Waals surface area (Å²) in [5.74, 6) is -0.554. The molecule has 3 rings (SSSR count). The monoisotopic (exact) mass is 362 g/mol. The standard InChI is InChI=1S/C17H22N4O5/c1-25-7-15(22)18-8-17(24)9-21(4-5-26-10-17)16(23)12-2-3-13-14(6-12)20-11-19-13/h2-3,6,11,24H,4-5,7-10H2,1H3,(H,18,22)(H,19,20)/t17-/m0/s1. The van der Waals surface area contributed by atoms with Crippen LogP contribution in [0, 0.1) is 0 Å². The summed E-state index contributed by atoms with van der Waals surface area (Å²) in [5, 5.41) is 13.4. The fourth-order valence-electron chi connectivity index (χ4n) is 2.89. The number of aliphatic hydroxyl groups is 1. The number of aromatic amines is 1. The van der Waals surface area contributed by atoms with Crippen LogP contribution in [0.25, 0.3) is 11.0 Å². The van der Waals surface area contributed by atoms with Gasteiger partial charge in [0, 0.05) is 19.2 Å². The number of hydrogen-bond acceptors (Lipinski definition) is 6. The Morgan fingerprint density at radius 2 is 2.35 bits per heavy atom. The van der Waals surface area contributed by atoms with Gasteiger partial charge in [0.1, 0.15) is 12.2 Å². The first-order valence-corrected chi connectivity index (χ1v) is 8.29. The minimum absolute atomic E-state index is 0.0292. The molecular formula is C17H22N4O5. The lowest BCUT2D eigenvalue weighted by Crippen LogP contribution is -2.53. The predicted molar refractivity (Wildman–Crippen MR) is 92.7 cm³/mol. The Balaban J connectivity index is 1.71. The van der Waals surface area contributed by atoms with Gasteiger partial charge in [-0.25, -0.2) is 4.98 Å². The number of nitrogens with one attached hydrogen (secondary N) is 2. The molecule has 1 aliphatic rings. The van der Waals surface area contributed by atoms with E-state index in [9.17, 15) is 14.7 Å². The zero-order chi connectivity index (χ0) is 18.6. The van der Waals surface area contributed by atoms with Crippen LogP contribution in [0.15, 0.2) is 24.5 Å². The lowest BCUT2D eigenvalue weighted by Gasteiger charge is -2.31. The van der Waals surface area contributed by atoms with Crippen molar-refractivity contribution in [1.29, 1.82) is 0 Å². The lowest BCUT2D eigenvalue weighted by atomic mass is 10.0. The third-order valence-corrected chi connectivity index (χ3v) is 4.21. The van der Waals surface area contributed by atoms with E-state index < -0.39 is 5.60 Å². The van der Waals surface area contributed by atoms with Gasteiger partial charge in [-0.05, 0) is 18.2 Å². The highest BCUT2D eigenvalue weighted by atomic mass is 16.5. The van der Waals surface area contributed by atoms with E-state index in [1.807, 2.05) is 0 Å². The van der Waals surface area contributed by atoms with Crippen molar-refractivity contribution in [3.63, 3.8) is 0 Å². The number of hydrogen-bond donors (Lipinski definition) is 3. The summed E-state index contributed by atoms with van der Waals surface area (Å²) in [6.45, 7) is 0.632. The second kappa shape index (κ2) is 7.81. The Kier molecular flexibility index (Phi) is 5.50. The quantitative estimate of drug-likeness (QED) is 0.662. The van der Waals surface area contributed by atoms with E-state index in [1.165, 1.54) is 12.0 Å². The van der Waals surface area contributed by atoms with Crippen molar-refractivity contribution in [3.05, 3.63) is 30.1 Å². The number of aromatic nitrogens is 2. The van der Waals surface area contributed by atoms with Crippen molar-refractivity contribution < 1.29 is 24.2 Å². The number of benzene rings is 1. The van der Waals surface area contributed by atoms with Crippen LogP contribution >= 0.6 is 0 Å². The molecule has 9 nitrogen and oxygen atoms in total. The molecule has 26 heavy (non-hydrogen) atoms. The zero-order valence-electron chi connectivity index (χ0n) is 14.5. The summed E-state index contributed by atoms with van der Waals surface area (Å²) >= 11 is 0. The Labute approximate surface area is 150 Å². The highest BCUT2D eigenvalue weighted by molar-refractivity contribution is 5.97. The van der Waals surface area contributed by atoms with Gasteiger partial charge < -0.3 is 29.8 Å². The van der Waals surface area contributed by atoms with E-state index in [0.29, 0.717) is 18.7 Å². The van der Waals surface area contributed by atoms with Crippen LogP contribution in [0.1, 0.15) is 10.4 Å². The first-order valence-electron chi connectivity index (χ1n) is 8.29. The number of rotatable bonds is 5. The van der Waals surface area contributed by atoms with Crippen LogP contribution in [-0.4, -0.2) is 84.0 Å². The summed E-state index contributed by atoms with van der Waals surface area (Å²) < 4.78 is 10.2. The number of imidazole rings is 1. The number of H-pyrrole nitrogens is 1. The largest absolute Gasteiger partial charge is 0.384 e. The Morgan fingerprint density at radius 3 is 3.15 bits per heavy atom. The van der Waals surface area contributed by atoms with E-state index in [0.717, 1.165) is 11.0 Å². The summed E-state index contributed by atoms with van der Waals surface area (Å²) in [7, 11) is 1.42. The highest BCUT2D eigenvalue weighted by Crippen LogP contribution is 2.17. The zero-order valence-corrected chi connectivity index (χ0v) is 14.5. The van der Waals surface area contributed by atoms with Crippen molar-refractivity contribution >= 4 is 22.8 Å². The molecule has 140 valence electrons. The van der Waals surface area contributed by atoms with Gasteiger partial charge in [-0.15, -0.1) is 0 Å². The lowest BCUT2D eigenvalue weighted by molar-refractivity contribution is -0.126. The fraction of sp³-hybridized carbons (Fsp3) is 0.471. The molecule has 0 radical (unpaired) electrons. The molecule has 0 aliphatic carbocycles. The van der Waals surface area contributed by atoms with Gasteiger partial charge in [0.2, 0.25) is 5.91 Å². The number of methoxy groups -OCH3 is 1. The number of β-amino-alcohol motifs (C(OH)–C–C–N with tert-alkyl or cyclic N) is 1. The Hall–Kier alpha value is -2.49. The SMILES string of the molecule is COCC(=O)NC[C@@]1(O)COCCN(C(=O)c2ccc3nc[nH]c3c2)C1. The van der Waals surface area contributed by atoms with Crippen molar-refractivity contribution in [2.45, 2.75) is 5.60 Å². The first kappa shape index (κ1) is 18.3. The van der Waals surface area contributed by atoms with Crippen LogP contribution in [0.5, 0.6) is 0 Å².